The minimum atomic E-state index is -1.10. The smallest absolute Gasteiger partial charge is 0.336 e. The number of nitrogens with zero attached hydrogens (tertiary/aromatic N) is 1. The Balaban J connectivity index is 1.75. The Bertz CT molecular complexity index is 1140. The first-order chi connectivity index (χ1) is 13.4. The van der Waals surface area contributed by atoms with Gasteiger partial charge in [0.25, 0.3) is 5.91 Å². The number of hydrogen-bond acceptors (Lipinski definition) is 4. The van der Waals surface area contributed by atoms with Gasteiger partial charge in [0.1, 0.15) is 11.1 Å². The third kappa shape index (κ3) is 2.92. The number of rotatable bonds is 4. The van der Waals surface area contributed by atoms with Gasteiger partial charge in [0, 0.05) is 15.9 Å². The number of amides is 3. The van der Waals surface area contributed by atoms with Gasteiger partial charge in [-0.1, -0.05) is 53.2 Å². The van der Waals surface area contributed by atoms with Gasteiger partial charge in [-0.3, -0.25) is 9.69 Å². The summed E-state index contributed by atoms with van der Waals surface area (Å²) in [6.07, 6.45) is 0.419. The van der Waals surface area contributed by atoms with Gasteiger partial charge in [-0.05, 0) is 35.7 Å². The van der Waals surface area contributed by atoms with E-state index in [1.807, 2.05) is 43.3 Å². The molecule has 142 valence electrons. The van der Waals surface area contributed by atoms with E-state index < -0.39 is 17.2 Å². The molecule has 1 aromatic heterocycles. The van der Waals surface area contributed by atoms with Crippen molar-refractivity contribution >= 4 is 38.8 Å². The zero-order valence-electron chi connectivity index (χ0n) is 15.1. The summed E-state index contributed by atoms with van der Waals surface area (Å²) in [7, 11) is 0. The molecule has 1 atom stereocenters. The minimum Gasteiger partial charge on any atom is -0.423 e. The third-order valence-corrected chi connectivity index (χ3v) is 5.59. The van der Waals surface area contributed by atoms with Gasteiger partial charge >= 0.3 is 11.7 Å². The molecule has 0 radical (unpaired) electrons. The van der Waals surface area contributed by atoms with Crippen LogP contribution in [0.1, 0.15) is 24.5 Å². The number of nitrogens with one attached hydrogen (secondary N) is 1. The molecular weight excluding hydrogens is 424 g/mol. The maximum atomic E-state index is 13.3. The molecule has 0 aliphatic carbocycles. The van der Waals surface area contributed by atoms with Crippen molar-refractivity contribution < 1.29 is 14.0 Å². The van der Waals surface area contributed by atoms with E-state index in [0.717, 1.165) is 14.9 Å². The van der Waals surface area contributed by atoms with Crippen molar-refractivity contribution in [2.75, 3.05) is 0 Å². The lowest BCUT2D eigenvalue weighted by molar-refractivity contribution is -0.132. The maximum Gasteiger partial charge on any atom is 0.336 e. The second-order valence-corrected chi connectivity index (χ2v) is 7.59. The highest BCUT2D eigenvalue weighted by atomic mass is 79.9. The number of carbonyl (C=O) groups is 2. The molecule has 0 saturated carbocycles. The fourth-order valence-electron chi connectivity index (χ4n) is 3.64. The van der Waals surface area contributed by atoms with Crippen LogP contribution in [0.15, 0.2) is 68.3 Å². The van der Waals surface area contributed by atoms with Gasteiger partial charge in [-0.25, -0.2) is 9.59 Å². The number of imide groups is 1. The molecule has 1 saturated heterocycles. The van der Waals surface area contributed by atoms with E-state index in [-0.39, 0.29) is 12.5 Å². The van der Waals surface area contributed by atoms with Crippen LogP contribution < -0.4 is 10.9 Å². The topological polar surface area (TPSA) is 79.6 Å². The maximum absolute atomic E-state index is 13.3. The van der Waals surface area contributed by atoms with Gasteiger partial charge in [-0.15, -0.1) is 0 Å². The second-order valence-electron chi connectivity index (χ2n) is 6.68. The van der Waals surface area contributed by atoms with Crippen LogP contribution in [0.3, 0.4) is 0 Å². The van der Waals surface area contributed by atoms with Crippen molar-refractivity contribution in [3.63, 3.8) is 0 Å². The Morgan fingerprint density at radius 3 is 2.54 bits per heavy atom. The van der Waals surface area contributed by atoms with Crippen molar-refractivity contribution in [2.45, 2.75) is 25.4 Å². The van der Waals surface area contributed by atoms with Gasteiger partial charge in [0.15, 0.2) is 0 Å². The molecule has 2 aromatic carbocycles. The summed E-state index contributed by atoms with van der Waals surface area (Å²) in [4.78, 5) is 39.1. The van der Waals surface area contributed by atoms with E-state index in [9.17, 15) is 14.4 Å². The Morgan fingerprint density at radius 1 is 1.07 bits per heavy atom. The quantitative estimate of drug-likeness (QED) is 0.492. The summed E-state index contributed by atoms with van der Waals surface area (Å²) in [6.45, 7) is 1.85. The van der Waals surface area contributed by atoms with Crippen molar-refractivity contribution in [3.8, 4) is 0 Å². The van der Waals surface area contributed by atoms with Crippen LogP contribution in [0, 0.1) is 0 Å². The molecule has 1 fully saturated rings. The first-order valence-corrected chi connectivity index (χ1v) is 9.66. The average Bonchev–Trinajstić information content (AvgIpc) is 2.93. The van der Waals surface area contributed by atoms with E-state index in [0.29, 0.717) is 23.0 Å². The summed E-state index contributed by atoms with van der Waals surface area (Å²) in [6, 6.07) is 15.3. The van der Waals surface area contributed by atoms with Gasteiger partial charge in [0.2, 0.25) is 0 Å². The van der Waals surface area contributed by atoms with Crippen molar-refractivity contribution in [3.05, 3.63) is 80.6 Å². The summed E-state index contributed by atoms with van der Waals surface area (Å²) in [5.74, 6) is -0.329. The van der Waals surface area contributed by atoms with E-state index in [4.69, 9.17) is 4.42 Å². The SMILES string of the molecule is CCC1(c2ccccc2)NC(=O)N(Cc2cc(=O)oc3cc(Br)ccc23)C1=O. The monoisotopic (exact) mass is 440 g/mol. The predicted octanol–water partition coefficient (Wildman–Crippen LogP) is 3.91. The highest BCUT2D eigenvalue weighted by Crippen LogP contribution is 2.33. The molecule has 7 heteroatoms. The molecule has 3 aromatic rings. The first-order valence-electron chi connectivity index (χ1n) is 8.86. The average molecular weight is 441 g/mol. The first kappa shape index (κ1) is 18.4. The largest absolute Gasteiger partial charge is 0.423 e. The molecular formula is C21H17BrN2O4. The zero-order chi connectivity index (χ0) is 19.9. The van der Waals surface area contributed by atoms with E-state index >= 15 is 0 Å². The molecule has 1 unspecified atom stereocenters. The molecule has 1 aliphatic heterocycles. The Kier molecular flexibility index (Phi) is 4.55. The van der Waals surface area contributed by atoms with Crippen molar-refractivity contribution in [1.82, 2.24) is 10.2 Å². The molecule has 1 N–H and O–H groups in total. The fraction of sp³-hybridized carbons (Fsp3) is 0.190. The Labute approximate surface area is 169 Å². The normalized spacial score (nSPS) is 19.3. The van der Waals surface area contributed by atoms with Crippen LogP contribution >= 0.6 is 15.9 Å². The molecule has 0 bridgehead atoms. The van der Waals surface area contributed by atoms with Crippen LogP contribution in [-0.2, 0) is 16.9 Å². The van der Waals surface area contributed by atoms with Crippen LogP contribution in [0.4, 0.5) is 4.79 Å². The molecule has 1 aliphatic rings. The number of halogens is 1. The lowest BCUT2D eigenvalue weighted by Gasteiger charge is -2.25. The standard InChI is InChI=1S/C21H17BrN2O4/c1-2-21(14-6-4-3-5-7-14)19(26)24(20(27)23-21)12-13-10-18(25)28-17-11-15(22)8-9-16(13)17/h3-11H,2,12H2,1H3,(H,23,27). The molecule has 3 amide bonds. The summed E-state index contributed by atoms with van der Waals surface area (Å²) < 4.78 is 6.01. The summed E-state index contributed by atoms with van der Waals surface area (Å²) >= 11 is 3.35. The van der Waals surface area contributed by atoms with E-state index in [1.165, 1.54) is 6.07 Å². The Morgan fingerprint density at radius 2 is 1.82 bits per heavy atom. The minimum absolute atomic E-state index is 0.0109. The lowest BCUT2D eigenvalue weighted by atomic mass is 9.87. The highest BCUT2D eigenvalue weighted by molar-refractivity contribution is 9.10. The van der Waals surface area contributed by atoms with Crippen LogP contribution in [0.25, 0.3) is 11.0 Å². The van der Waals surface area contributed by atoms with Crippen LogP contribution in [0.2, 0.25) is 0 Å². The van der Waals surface area contributed by atoms with Gasteiger partial charge < -0.3 is 9.73 Å². The van der Waals surface area contributed by atoms with E-state index in [1.54, 1.807) is 12.1 Å². The Hall–Kier alpha value is -2.93. The molecule has 4 rings (SSSR count). The molecule has 6 nitrogen and oxygen atoms in total. The molecule has 0 spiro atoms. The van der Waals surface area contributed by atoms with Crippen molar-refractivity contribution in [1.29, 1.82) is 0 Å². The second kappa shape index (κ2) is 6.91. The summed E-state index contributed by atoms with van der Waals surface area (Å²) in [5, 5.41) is 3.53. The number of carbonyl (C=O) groups excluding carboxylic acids is 2. The number of fused-ring (bicyclic) bond motifs is 1. The molecule has 2 heterocycles. The number of hydrogen-bond donors (Lipinski definition) is 1. The van der Waals surface area contributed by atoms with E-state index in [2.05, 4.69) is 21.2 Å². The van der Waals surface area contributed by atoms with Crippen LogP contribution in [0.5, 0.6) is 0 Å². The highest BCUT2D eigenvalue weighted by Gasteiger charge is 2.51. The predicted molar refractivity (Wildman–Crippen MR) is 108 cm³/mol. The zero-order valence-corrected chi connectivity index (χ0v) is 16.7. The molecule has 28 heavy (non-hydrogen) atoms. The van der Waals surface area contributed by atoms with Gasteiger partial charge in [0.05, 0.1) is 6.54 Å². The fourth-order valence-corrected chi connectivity index (χ4v) is 3.98. The third-order valence-electron chi connectivity index (χ3n) is 5.09. The number of urea groups is 1. The van der Waals surface area contributed by atoms with Crippen LogP contribution in [-0.4, -0.2) is 16.8 Å². The van der Waals surface area contributed by atoms with Gasteiger partial charge in [-0.2, -0.15) is 0 Å². The van der Waals surface area contributed by atoms with Crippen molar-refractivity contribution in [2.24, 2.45) is 0 Å². The number of benzene rings is 2. The summed E-state index contributed by atoms with van der Waals surface area (Å²) in [5.41, 5.74) is 0.0597. The lowest BCUT2D eigenvalue weighted by Crippen LogP contribution is -2.43.